The first-order valence-electron chi connectivity index (χ1n) is 4.58. The fraction of sp³-hybridized carbons (Fsp3) is 0.800. The van der Waals surface area contributed by atoms with Gasteiger partial charge in [0.1, 0.15) is 0 Å². The van der Waals surface area contributed by atoms with Crippen LogP contribution in [0.1, 0.15) is 38.5 Å². The van der Waals surface area contributed by atoms with Crippen molar-refractivity contribution in [3.05, 3.63) is 11.1 Å². The quantitative estimate of drug-likeness (QED) is 0.444. The normalized spacial score (nSPS) is 48.0. The van der Waals surface area contributed by atoms with Crippen LogP contribution in [-0.2, 0) is 0 Å². The number of hydrogen-bond donors (Lipinski definition) is 0. The Morgan fingerprint density at radius 3 is 1.30 bits per heavy atom. The Bertz CT molecular complexity index is 234. The molecule has 0 heteroatoms. The van der Waals surface area contributed by atoms with E-state index in [-0.39, 0.29) is 0 Å². The molecule has 0 aromatic carbocycles. The maximum Gasteiger partial charge on any atom is -0.00468 e. The van der Waals surface area contributed by atoms with Crippen molar-refractivity contribution in [1.82, 2.24) is 0 Å². The van der Waals surface area contributed by atoms with E-state index >= 15 is 0 Å². The summed E-state index contributed by atoms with van der Waals surface area (Å²) in [5.41, 5.74) is 5.62. The van der Waals surface area contributed by atoms with Crippen LogP contribution in [0.25, 0.3) is 0 Å². The fourth-order valence-corrected chi connectivity index (χ4v) is 2.70. The zero-order valence-corrected chi connectivity index (χ0v) is 6.24. The minimum Gasteiger partial charge on any atom is -0.0630 e. The molecule has 52 valence electrons. The number of allylic oxidation sites excluding steroid dienone is 2. The van der Waals surface area contributed by atoms with Crippen LogP contribution >= 0.6 is 0 Å². The van der Waals surface area contributed by atoms with Crippen molar-refractivity contribution in [2.24, 2.45) is 10.8 Å². The maximum atomic E-state index is 1.94. The van der Waals surface area contributed by atoms with E-state index in [4.69, 9.17) is 0 Å². The molecule has 0 amide bonds. The van der Waals surface area contributed by atoms with Crippen molar-refractivity contribution in [2.45, 2.75) is 38.5 Å². The van der Waals surface area contributed by atoms with Gasteiger partial charge in [-0.1, -0.05) is 11.1 Å². The van der Waals surface area contributed by atoms with Gasteiger partial charge >= 0.3 is 0 Å². The Labute approximate surface area is 61.3 Å². The molecular weight excluding hydrogens is 120 g/mol. The average Bonchev–Trinajstić information content (AvgIpc) is 2.72. The van der Waals surface area contributed by atoms with Gasteiger partial charge in [-0.15, -0.1) is 0 Å². The highest BCUT2D eigenvalue weighted by atomic mass is 14.7. The van der Waals surface area contributed by atoms with Crippen LogP contribution in [0.3, 0.4) is 0 Å². The van der Waals surface area contributed by atoms with Gasteiger partial charge in [0.05, 0.1) is 0 Å². The van der Waals surface area contributed by atoms with Crippen molar-refractivity contribution in [1.29, 1.82) is 0 Å². The monoisotopic (exact) mass is 132 g/mol. The third-order valence-electron chi connectivity index (χ3n) is 4.13. The van der Waals surface area contributed by atoms with E-state index < -0.39 is 0 Å². The van der Waals surface area contributed by atoms with Gasteiger partial charge in [-0.25, -0.2) is 0 Å². The summed E-state index contributed by atoms with van der Waals surface area (Å²) in [5, 5.41) is 0. The molecule has 0 bridgehead atoms. The van der Waals surface area contributed by atoms with E-state index in [0.717, 1.165) is 10.8 Å². The van der Waals surface area contributed by atoms with Gasteiger partial charge in [0.15, 0.2) is 0 Å². The molecule has 0 radical (unpaired) electrons. The van der Waals surface area contributed by atoms with Crippen LogP contribution in [0.2, 0.25) is 0 Å². The molecule has 2 spiro atoms. The second-order valence-corrected chi connectivity index (χ2v) is 4.87. The molecule has 10 heavy (non-hydrogen) atoms. The summed E-state index contributed by atoms with van der Waals surface area (Å²) >= 11 is 0. The standard InChI is InChI=1S/C10H12/c1-2-9(1)5-7(9)8-6-10(8)3-4-10/h1-6H2/b8-7-. The van der Waals surface area contributed by atoms with E-state index in [0.29, 0.717) is 0 Å². The molecule has 0 N–H and O–H groups in total. The summed E-state index contributed by atoms with van der Waals surface area (Å²) in [6.07, 6.45) is 9.21. The first-order chi connectivity index (χ1) is 4.85. The lowest BCUT2D eigenvalue weighted by Crippen LogP contribution is -1.64. The summed E-state index contributed by atoms with van der Waals surface area (Å²) in [6, 6.07) is 0. The Hall–Kier alpha value is -0.260. The second kappa shape index (κ2) is 0.929. The molecular formula is C10H12. The SMILES string of the molecule is C1CC12C/C2=C1\CC12CC2. The Kier molecular flexibility index (Phi) is 0.426. The van der Waals surface area contributed by atoms with Gasteiger partial charge in [-0.3, -0.25) is 0 Å². The first-order valence-corrected chi connectivity index (χ1v) is 4.58. The minimum absolute atomic E-state index is 0.876. The Balaban J connectivity index is 1.81. The summed E-state index contributed by atoms with van der Waals surface area (Å²) < 4.78 is 0. The third-order valence-corrected chi connectivity index (χ3v) is 4.13. The van der Waals surface area contributed by atoms with Crippen LogP contribution < -0.4 is 0 Å². The highest BCUT2D eigenvalue weighted by molar-refractivity contribution is 5.54. The Morgan fingerprint density at radius 1 is 0.700 bits per heavy atom. The lowest BCUT2D eigenvalue weighted by Gasteiger charge is -1.76. The minimum atomic E-state index is 0.876. The van der Waals surface area contributed by atoms with Gasteiger partial charge in [0, 0.05) is 0 Å². The lowest BCUT2D eigenvalue weighted by molar-refractivity contribution is 0.920. The van der Waals surface area contributed by atoms with Crippen LogP contribution in [0.15, 0.2) is 11.1 Å². The number of hydrogen-bond acceptors (Lipinski definition) is 0. The maximum absolute atomic E-state index is 1.94. The molecule has 4 rings (SSSR count). The average molecular weight is 132 g/mol. The van der Waals surface area contributed by atoms with Crippen LogP contribution in [0, 0.1) is 10.8 Å². The van der Waals surface area contributed by atoms with E-state index in [1.807, 2.05) is 11.1 Å². The molecule has 4 fully saturated rings. The summed E-state index contributed by atoms with van der Waals surface area (Å²) in [7, 11) is 0. The van der Waals surface area contributed by atoms with Crippen molar-refractivity contribution in [2.75, 3.05) is 0 Å². The van der Waals surface area contributed by atoms with E-state index in [1.54, 1.807) is 25.7 Å². The summed E-state index contributed by atoms with van der Waals surface area (Å²) in [4.78, 5) is 0. The zero-order valence-electron chi connectivity index (χ0n) is 6.24. The second-order valence-electron chi connectivity index (χ2n) is 4.87. The molecule has 0 atom stereocenters. The molecule has 0 aromatic heterocycles. The van der Waals surface area contributed by atoms with Crippen LogP contribution in [-0.4, -0.2) is 0 Å². The fourth-order valence-electron chi connectivity index (χ4n) is 2.70. The molecule has 4 aliphatic rings. The van der Waals surface area contributed by atoms with Gasteiger partial charge in [0.2, 0.25) is 0 Å². The molecule has 0 unspecified atom stereocenters. The van der Waals surface area contributed by atoms with Crippen LogP contribution in [0.5, 0.6) is 0 Å². The highest BCUT2D eigenvalue weighted by Crippen LogP contribution is 2.81. The highest BCUT2D eigenvalue weighted by Gasteiger charge is 2.68. The molecule has 0 aromatic rings. The largest absolute Gasteiger partial charge is 0.0630 e. The van der Waals surface area contributed by atoms with Crippen molar-refractivity contribution in [3.8, 4) is 0 Å². The summed E-state index contributed by atoms with van der Waals surface area (Å²) in [5.74, 6) is 0. The predicted octanol–water partition coefficient (Wildman–Crippen LogP) is 2.65. The lowest BCUT2D eigenvalue weighted by atomic mass is 10.3. The van der Waals surface area contributed by atoms with E-state index in [2.05, 4.69) is 0 Å². The molecule has 4 saturated carbocycles. The van der Waals surface area contributed by atoms with Gasteiger partial charge in [-0.05, 0) is 49.4 Å². The first kappa shape index (κ1) is 4.58. The Morgan fingerprint density at radius 2 is 1.10 bits per heavy atom. The third kappa shape index (κ3) is 0.349. The predicted molar refractivity (Wildman–Crippen MR) is 39.6 cm³/mol. The van der Waals surface area contributed by atoms with Gasteiger partial charge in [-0.2, -0.15) is 0 Å². The smallest absolute Gasteiger partial charge is 0.00468 e. The van der Waals surface area contributed by atoms with Crippen molar-refractivity contribution >= 4 is 0 Å². The zero-order chi connectivity index (χ0) is 6.40. The number of rotatable bonds is 0. The molecule has 0 heterocycles. The molecule has 4 aliphatic carbocycles. The van der Waals surface area contributed by atoms with Crippen molar-refractivity contribution in [3.63, 3.8) is 0 Å². The molecule has 0 aliphatic heterocycles. The van der Waals surface area contributed by atoms with E-state index in [9.17, 15) is 0 Å². The molecule has 0 saturated heterocycles. The van der Waals surface area contributed by atoms with Crippen LogP contribution in [0.4, 0.5) is 0 Å². The topological polar surface area (TPSA) is 0 Å². The van der Waals surface area contributed by atoms with Crippen molar-refractivity contribution < 1.29 is 0 Å². The van der Waals surface area contributed by atoms with Gasteiger partial charge < -0.3 is 0 Å². The van der Waals surface area contributed by atoms with Gasteiger partial charge in [0.25, 0.3) is 0 Å². The summed E-state index contributed by atoms with van der Waals surface area (Å²) in [6.45, 7) is 0. The van der Waals surface area contributed by atoms with E-state index in [1.165, 1.54) is 12.8 Å². The molecule has 0 nitrogen and oxygen atoms in total.